The van der Waals surface area contributed by atoms with E-state index in [0.29, 0.717) is 37.5 Å². The Hall–Kier alpha value is -3.23. The number of hydrogen-bond acceptors (Lipinski definition) is 7. The van der Waals surface area contributed by atoms with Crippen molar-refractivity contribution in [3.8, 4) is 11.5 Å². The number of methoxy groups -OCH3 is 1. The fraction of sp³-hybridized carbons (Fsp3) is 0.464. The number of benzene rings is 1. The summed E-state index contributed by atoms with van der Waals surface area (Å²) in [7, 11) is 1.62. The molecule has 0 bridgehead atoms. The van der Waals surface area contributed by atoms with Gasteiger partial charge in [0.1, 0.15) is 30.1 Å². The van der Waals surface area contributed by atoms with E-state index >= 15 is 0 Å². The lowest BCUT2D eigenvalue weighted by atomic mass is 10.0. The highest BCUT2D eigenvalue weighted by Gasteiger charge is 2.31. The summed E-state index contributed by atoms with van der Waals surface area (Å²) in [6, 6.07) is 6.82. The monoisotopic (exact) mass is 496 g/mol. The summed E-state index contributed by atoms with van der Waals surface area (Å²) in [6.45, 7) is 2.87. The van der Waals surface area contributed by atoms with Crippen LogP contribution in [0.25, 0.3) is 0 Å². The maximum absolute atomic E-state index is 12.8. The average Bonchev–Trinajstić information content (AvgIpc) is 3.44. The summed E-state index contributed by atoms with van der Waals surface area (Å²) < 4.78 is 22.4. The minimum atomic E-state index is -1.03. The molecular formula is C28H36N2O6. The van der Waals surface area contributed by atoms with Crippen molar-refractivity contribution in [2.45, 2.75) is 50.7 Å². The van der Waals surface area contributed by atoms with Crippen LogP contribution in [0.3, 0.4) is 0 Å². The van der Waals surface area contributed by atoms with E-state index in [9.17, 15) is 9.90 Å². The van der Waals surface area contributed by atoms with E-state index in [2.05, 4.69) is 16.3 Å². The van der Waals surface area contributed by atoms with Gasteiger partial charge in [-0.15, -0.1) is 0 Å². The lowest BCUT2D eigenvalue weighted by Gasteiger charge is -2.30. The SMILES string of the molecule is COc1ccc(OCCCC(=O)N[C@H](CN2CCCC2)[C@@H](O)C2=COC=C(C3=CC=CCC3)O2)cc1. The van der Waals surface area contributed by atoms with E-state index in [1.807, 2.05) is 36.4 Å². The molecule has 3 aliphatic rings. The highest BCUT2D eigenvalue weighted by atomic mass is 16.6. The third-order valence-corrected chi connectivity index (χ3v) is 6.47. The third-order valence-electron chi connectivity index (χ3n) is 6.47. The van der Waals surface area contributed by atoms with Crippen molar-refractivity contribution in [3.05, 3.63) is 72.1 Å². The molecule has 1 amide bonds. The van der Waals surface area contributed by atoms with Crippen LogP contribution in [0.1, 0.15) is 38.5 Å². The van der Waals surface area contributed by atoms with Crippen molar-refractivity contribution in [2.24, 2.45) is 0 Å². The van der Waals surface area contributed by atoms with Crippen LogP contribution >= 0.6 is 0 Å². The number of likely N-dealkylation sites (tertiary alicyclic amines) is 1. The Morgan fingerprint density at radius 1 is 1.17 bits per heavy atom. The maximum atomic E-state index is 12.8. The molecule has 2 heterocycles. The summed E-state index contributed by atoms with van der Waals surface area (Å²) in [6.07, 6.45) is 12.9. The first-order valence-corrected chi connectivity index (χ1v) is 12.7. The van der Waals surface area contributed by atoms with Crippen molar-refractivity contribution >= 4 is 5.91 Å². The van der Waals surface area contributed by atoms with E-state index in [0.717, 1.165) is 55.8 Å². The number of hydrogen-bond donors (Lipinski definition) is 2. The topological polar surface area (TPSA) is 89.5 Å². The largest absolute Gasteiger partial charge is 0.497 e. The number of carbonyl (C=O) groups is 1. The number of nitrogens with zero attached hydrogens (tertiary/aromatic N) is 1. The van der Waals surface area contributed by atoms with E-state index in [4.69, 9.17) is 18.9 Å². The van der Waals surface area contributed by atoms with Crippen LogP contribution in [0.15, 0.2) is 72.1 Å². The molecular weight excluding hydrogens is 460 g/mol. The molecule has 0 spiro atoms. The Balaban J connectivity index is 1.30. The van der Waals surface area contributed by atoms with Crippen molar-refractivity contribution in [1.29, 1.82) is 0 Å². The molecule has 2 atom stereocenters. The van der Waals surface area contributed by atoms with E-state index in [1.54, 1.807) is 13.4 Å². The Morgan fingerprint density at radius 2 is 1.94 bits per heavy atom. The number of aliphatic hydroxyl groups excluding tert-OH is 1. The van der Waals surface area contributed by atoms with Crippen LogP contribution in [0.5, 0.6) is 11.5 Å². The molecule has 0 saturated carbocycles. The number of allylic oxidation sites excluding steroid dienone is 4. The zero-order valence-electron chi connectivity index (χ0n) is 20.9. The second-order valence-corrected chi connectivity index (χ2v) is 9.15. The normalized spacial score (nSPS) is 19.2. The van der Waals surface area contributed by atoms with Gasteiger partial charge in [-0.2, -0.15) is 0 Å². The van der Waals surface area contributed by atoms with Gasteiger partial charge in [-0.25, -0.2) is 0 Å². The Morgan fingerprint density at radius 3 is 2.67 bits per heavy atom. The lowest BCUT2D eigenvalue weighted by Crippen LogP contribution is -2.51. The number of ether oxygens (including phenoxy) is 4. The Kier molecular flexibility index (Phi) is 9.47. The van der Waals surface area contributed by atoms with Crippen LogP contribution in [-0.4, -0.2) is 61.4 Å². The fourth-order valence-electron chi connectivity index (χ4n) is 4.46. The van der Waals surface area contributed by atoms with E-state index in [-0.39, 0.29) is 5.91 Å². The van der Waals surface area contributed by atoms with Crippen molar-refractivity contribution in [2.75, 3.05) is 33.4 Å². The van der Waals surface area contributed by atoms with Gasteiger partial charge in [-0.05, 0) is 75.0 Å². The van der Waals surface area contributed by atoms with Crippen LogP contribution in [0.2, 0.25) is 0 Å². The zero-order valence-corrected chi connectivity index (χ0v) is 20.9. The highest BCUT2D eigenvalue weighted by molar-refractivity contribution is 5.76. The second kappa shape index (κ2) is 13.2. The van der Waals surface area contributed by atoms with E-state index < -0.39 is 12.1 Å². The van der Waals surface area contributed by atoms with Crippen LogP contribution < -0.4 is 14.8 Å². The first-order chi connectivity index (χ1) is 17.6. The highest BCUT2D eigenvalue weighted by Crippen LogP contribution is 2.28. The van der Waals surface area contributed by atoms with Gasteiger partial charge in [0.15, 0.2) is 11.5 Å². The second-order valence-electron chi connectivity index (χ2n) is 9.15. The van der Waals surface area contributed by atoms with Gasteiger partial charge in [0.05, 0.1) is 19.8 Å². The van der Waals surface area contributed by atoms with Crippen molar-refractivity contribution in [1.82, 2.24) is 10.2 Å². The van der Waals surface area contributed by atoms with E-state index in [1.165, 1.54) is 6.26 Å². The van der Waals surface area contributed by atoms with Crippen LogP contribution in [-0.2, 0) is 14.3 Å². The van der Waals surface area contributed by atoms with Gasteiger partial charge in [0.2, 0.25) is 5.91 Å². The molecule has 0 unspecified atom stereocenters. The quantitative estimate of drug-likeness (QED) is 0.426. The molecule has 2 aliphatic heterocycles. The molecule has 1 aromatic carbocycles. The van der Waals surface area contributed by atoms with Crippen LogP contribution in [0.4, 0.5) is 0 Å². The molecule has 2 N–H and O–H groups in total. The summed E-state index contributed by atoms with van der Waals surface area (Å²) in [4.78, 5) is 15.0. The summed E-state index contributed by atoms with van der Waals surface area (Å²) in [5.74, 6) is 2.26. The molecule has 1 aliphatic carbocycles. The Bertz CT molecular complexity index is 992. The standard InChI is InChI=1S/C28H36N2O6/c1-33-22-11-13-23(14-12-22)35-17-7-10-27(31)29-24(18-30-15-5-6-16-30)28(32)26-20-34-19-25(36-26)21-8-3-2-4-9-21/h2-3,8,11-14,19-20,24,28,32H,4-7,9-10,15-18H2,1H3,(H,29,31)/t24-,28-/m1/s1. The molecule has 1 aromatic rings. The minimum Gasteiger partial charge on any atom is -0.497 e. The average molecular weight is 497 g/mol. The molecule has 8 heteroatoms. The van der Waals surface area contributed by atoms with Crippen molar-refractivity contribution < 1.29 is 28.8 Å². The number of nitrogens with one attached hydrogen (secondary N) is 1. The molecule has 36 heavy (non-hydrogen) atoms. The predicted molar refractivity (Wildman–Crippen MR) is 136 cm³/mol. The van der Waals surface area contributed by atoms with Crippen molar-refractivity contribution in [3.63, 3.8) is 0 Å². The maximum Gasteiger partial charge on any atom is 0.220 e. The van der Waals surface area contributed by atoms with Gasteiger partial charge in [-0.1, -0.05) is 18.2 Å². The van der Waals surface area contributed by atoms with Gasteiger partial charge in [0, 0.05) is 13.0 Å². The summed E-state index contributed by atoms with van der Waals surface area (Å²) >= 11 is 0. The number of aliphatic hydroxyl groups is 1. The van der Waals surface area contributed by atoms with Gasteiger partial charge in [-0.3, -0.25) is 4.79 Å². The molecule has 0 aromatic heterocycles. The molecule has 4 rings (SSSR count). The first kappa shape index (κ1) is 25.9. The smallest absolute Gasteiger partial charge is 0.220 e. The molecule has 8 nitrogen and oxygen atoms in total. The summed E-state index contributed by atoms with van der Waals surface area (Å²) in [5.41, 5.74) is 1.02. The predicted octanol–water partition coefficient (Wildman–Crippen LogP) is 3.80. The lowest BCUT2D eigenvalue weighted by molar-refractivity contribution is -0.123. The molecule has 1 saturated heterocycles. The molecule has 194 valence electrons. The fourth-order valence-corrected chi connectivity index (χ4v) is 4.46. The Labute approximate surface area is 212 Å². The number of amides is 1. The van der Waals surface area contributed by atoms with Gasteiger partial charge < -0.3 is 34.3 Å². The summed E-state index contributed by atoms with van der Waals surface area (Å²) in [5, 5.41) is 14.2. The third kappa shape index (κ3) is 7.38. The number of rotatable bonds is 12. The van der Waals surface area contributed by atoms with Crippen LogP contribution in [0, 0.1) is 0 Å². The molecule has 1 fully saturated rings. The van der Waals surface area contributed by atoms with Gasteiger partial charge in [0.25, 0.3) is 0 Å². The zero-order chi connectivity index (χ0) is 25.2. The minimum absolute atomic E-state index is 0.134. The number of carbonyl (C=O) groups excluding carboxylic acids is 1. The first-order valence-electron chi connectivity index (χ1n) is 12.7. The van der Waals surface area contributed by atoms with Gasteiger partial charge >= 0.3 is 0 Å². The molecule has 0 radical (unpaired) electrons.